The van der Waals surface area contributed by atoms with E-state index < -0.39 is 6.36 Å². The van der Waals surface area contributed by atoms with Crippen LogP contribution in [0.5, 0.6) is 5.75 Å². The summed E-state index contributed by atoms with van der Waals surface area (Å²) < 4.78 is 40.3. The third-order valence-corrected chi connectivity index (χ3v) is 5.29. The van der Waals surface area contributed by atoms with E-state index in [-0.39, 0.29) is 5.75 Å². The normalized spacial score (nSPS) is 11.6. The van der Waals surface area contributed by atoms with Crippen molar-refractivity contribution in [1.82, 2.24) is 0 Å². The number of ether oxygens (including phenoxy) is 1. The van der Waals surface area contributed by atoms with E-state index in [0.717, 1.165) is 15.3 Å². The van der Waals surface area contributed by atoms with Crippen LogP contribution in [0.4, 0.5) is 13.2 Å². The molecule has 0 amide bonds. The predicted octanol–water partition coefficient (Wildman–Crippen LogP) is 6.35. The first-order valence-electron chi connectivity index (χ1n) is 6.43. The molecule has 0 N–H and O–H groups in total. The summed E-state index contributed by atoms with van der Waals surface area (Å²) in [7, 11) is 0. The fraction of sp³-hybridized carbons (Fsp3) is 0.125. The second kappa shape index (κ2) is 5.78. The number of hydrogen-bond acceptors (Lipinski definition) is 3. The van der Waals surface area contributed by atoms with Crippen LogP contribution in [-0.2, 0) is 0 Å². The quantitative estimate of drug-likeness (QED) is 0.540. The molecule has 1 aromatic carbocycles. The Kier molecular flexibility index (Phi) is 3.97. The fourth-order valence-electron chi connectivity index (χ4n) is 2.01. The number of benzene rings is 1. The highest BCUT2D eigenvalue weighted by atomic mass is 32.1. The summed E-state index contributed by atoms with van der Waals surface area (Å²) in [6.07, 6.45) is -4.66. The zero-order chi connectivity index (χ0) is 15.7. The van der Waals surface area contributed by atoms with E-state index in [1.807, 2.05) is 12.1 Å². The van der Waals surface area contributed by atoms with Gasteiger partial charge in [-0.05, 0) is 61.0 Å². The van der Waals surface area contributed by atoms with E-state index in [9.17, 15) is 13.2 Å². The van der Waals surface area contributed by atoms with Gasteiger partial charge in [0.15, 0.2) is 0 Å². The smallest absolute Gasteiger partial charge is 0.406 e. The van der Waals surface area contributed by atoms with Crippen LogP contribution in [0.3, 0.4) is 0 Å². The molecule has 1 nitrogen and oxygen atoms in total. The van der Waals surface area contributed by atoms with Crippen molar-refractivity contribution in [2.24, 2.45) is 0 Å². The number of thiophene rings is 2. The highest BCUT2D eigenvalue weighted by Crippen LogP contribution is 2.38. The number of rotatable bonds is 3. The zero-order valence-electron chi connectivity index (χ0n) is 11.5. The molecule has 3 rings (SSSR count). The van der Waals surface area contributed by atoms with Crippen LogP contribution in [0.15, 0.2) is 48.5 Å². The molecule has 0 saturated heterocycles. The summed E-state index contributed by atoms with van der Waals surface area (Å²) >= 11 is 3.34. The van der Waals surface area contributed by atoms with Crippen LogP contribution in [0.2, 0.25) is 0 Å². The zero-order valence-corrected chi connectivity index (χ0v) is 13.1. The standard InChI is InChI=1S/C16H11F3OS2/c1-10-2-7-14(21-10)15-9-8-13(22-15)11-3-5-12(6-4-11)20-16(17,18)19/h2-9H,1H3. The van der Waals surface area contributed by atoms with Crippen LogP contribution < -0.4 is 4.74 Å². The molecule has 0 bridgehead atoms. The molecule has 0 aliphatic carbocycles. The van der Waals surface area contributed by atoms with Gasteiger partial charge in [-0.3, -0.25) is 0 Å². The van der Waals surface area contributed by atoms with Crippen LogP contribution in [0.1, 0.15) is 4.88 Å². The van der Waals surface area contributed by atoms with E-state index in [0.29, 0.717) is 0 Å². The fourth-order valence-corrected chi connectivity index (χ4v) is 3.98. The summed E-state index contributed by atoms with van der Waals surface area (Å²) in [4.78, 5) is 4.62. The molecule has 0 unspecified atom stereocenters. The first-order chi connectivity index (χ1) is 10.4. The molecule has 114 valence electrons. The summed E-state index contributed by atoms with van der Waals surface area (Å²) in [6.45, 7) is 2.06. The third kappa shape index (κ3) is 3.51. The van der Waals surface area contributed by atoms with Crippen molar-refractivity contribution in [3.63, 3.8) is 0 Å². The molecule has 0 saturated carbocycles. The van der Waals surface area contributed by atoms with Gasteiger partial charge in [-0.15, -0.1) is 35.8 Å². The van der Waals surface area contributed by atoms with Crippen LogP contribution in [0, 0.1) is 6.92 Å². The maximum atomic E-state index is 12.1. The predicted molar refractivity (Wildman–Crippen MR) is 84.5 cm³/mol. The van der Waals surface area contributed by atoms with Crippen molar-refractivity contribution in [2.75, 3.05) is 0 Å². The Labute approximate surface area is 133 Å². The van der Waals surface area contributed by atoms with Gasteiger partial charge >= 0.3 is 6.36 Å². The summed E-state index contributed by atoms with van der Waals surface area (Å²) in [5, 5.41) is 0. The SMILES string of the molecule is Cc1ccc(-c2ccc(-c3ccc(OC(F)(F)F)cc3)s2)s1. The van der Waals surface area contributed by atoms with Gasteiger partial charge < -0.3 is 4.74 Å². The average molecular weight is 340 g/mol. The third-order valence-electron chi connectivity index (χ3n) is 2.96. The molecule has 0 spiro atoms. The topological polar surface area (TPSA) is 9.23 Å². The maximum Gasteiger partial charge on any atom is 0.573 e. The van der Waals surface area contributed by atoms with Crippen molar-refractivity contribution < 1.29 is 17.9 Å². The van der Waals surface area contributed by atoms with Gasteiger partial charge in [0.25, 0.3) is 0 Å². The van der Waals surface area contributed by atoms with Gasteiger partial charge in [0, 0.05) is 19.5 Å². The van der Waals surface area contributed by atoms with Crippen molar-refractivity contribution in [3.05, 3.63) is 53.4 Å². The number of hydrogen-bond donors (Lipinski definition) is 0. The lowest BCUT2D eigenvalue weighted by Gasteiger charge is -2.08. The Morgan fingerprint density at radius 2 is 1.36 bits per heavy atom. The first-order valence-corrected chi connectivity index (χ1v) is 8.07. The van der Waals surface area contributed by atoms with Crippen LogP contribution in [0.25, 0.3) is 20.2 Å². The average Bonchev–Trinajstić information content (AvgIpc) is 3.06. The number of aryl methyl sites for hydroxylation is 1. The lowest BCUT2D eigenvalue weighted by molar-refractivity contribution is -0.274. The summed E-state index contributed by atoms with van der Waals surface area (Å²) in [6, 6.07) is 14.1. The van der Waals surface area contributed by atoms with Gasteiger partial charge in [-0.1, -0.05) is 0 Å². The summed E-state index contributed by atoms with van der Waals surface area (Å²) in [5.41, 5.74) is 0.874. The Morgan fingerprint density at radius 3 is 1.95 bits per heavy atom. The van der Waals surface area contributed by atoms with Gasteiger partial charge in [0.05, 0.1) is 0 Å². The number of alkyl halides is 3. The second-order valence-electron chi connectivity index (χ2n) is 4.65. The molecular weight excluding hydrogens is 329 g/mol. The molecule has 0 aliphatic heterocycles. The minimum absolute atomic E-state index is 0.207. The van der Waals surface area contributed by atoms with E-state index in [2.05, 4.69) is 23.8 Å². The van der Waals surface area contributed by atoms with E-state index in [1.54, 1.807) is 34.8 Å². The highest BCUT2D eigenvalue weighted by Gasteiger charge is 2.30. The van der Waals surface area contributed by atoms with Crippen LogP contribution in [-0.4, -0.2) is 6.36 Å². The molecule has 22 heavy (non-hydrogen) atoms. The Morgan fingerprint density at radius 1 is 0.773 bits per heavy atom. The minimum atomic E-state index is -4.66. The van der Waals surface area contributed by atoms with E-state index >= 15 is 0 Å². The monoisotopic (exact) mass is 340 g/mol. The van der Waals surface area contributed by atoms with Gasteiger partial charge in [-0.2, -0.15) is 0 Å². The van der Waals surface area contributed by atoms with Crippen LogP contribution >= 0.6 is 22.7 Å². The van der Waals surface area contributed by atoms with E-state index in [1.165, 1.54) is 21.9 Å². The van der Waals surface area contributed by atoms with Crippen molar-refractivity contribution in [3.8, 4) is 25.9 Å². The molecule has 0 radical (unpaired) electrons. The molecule has 6 heteroatoms. The molecular formula is C16H11F3OS2. The Hall–Kier alpha value is -1.79. The Balaban J connectivity index is 1.81. The maximum absolute atomic E-state index is 12.1. The first kappa shape index (κ1) is 15.1. The second-order valence-corrected chi connectivity index (χ2v) is 7.02. The minimum Gasteiger partial charge on any atom is -0.406 e. The van der Waals surface area contributed by atoms with E-state index in [4.69, 9.17) is 0 Å². The number of halogens is 3. The molecule has 0 aliphatic rings. The van der Waals surface area contributed by atoms with Gasteiger partial charge in [0.2, 0.25) is 0 Å². The molecule has 0 atom stereocenters. The lowest BCUT2D eigenvalue weighted by atomic mass is 10.2. The highest BCUT2D eigenvalue weighted by molar-refractivity contribution is 7.23. The summed E-state index contributed by atoms with van der Waals surface area (Å²) in [5.74, 6) is -0.207. The Bertz CT molecular complexity index is 769. The van der Waals surface area contributed by atoms with Crippen molar-refractivity contribution >= 4 is 22.7 Å². The lowest BCUT2D eigenvalue weighted by Crippen LogP contribution is -2.16. The van der Waals surface area contributed by atoms with Gasteiger partial charge in [-0.25, -0.2) is 0 Å². The van der Waals surface area contributed by atoms with Gasteiger partial charge in [0.1, 0.15) is 5.75 Å². The molecule has 2 heterocycles. The largest absolute Gasteiger partial charge is 0.573 e. The molecule has 2 aromatic heterocycles. The van der Waals surface area contributed by atoms with Crippen molar-refractivity contribution in [2.45, 2.75) is 13.3 Å². The molecule has 3 aromatic rings. The molecule has 0 fully saturated rings. The van der Waals surface area contributed by atoms with Crippen molar-refractivity contribution in [1.29, 1.82) is 0 Å².